The van der Waals surface area contributed by atoms with E-state index in [0.717, 1.165) is 9.25 Å². The van der Waals surface area contributed by atoms with E-state index in [1.165, 1.54) is 46.4 Å². The zero-order valence-electron chi connectivity index (χ0n) is 21.9. The van der Waals surface area contributed by atoms with Gasteiger partial charge in [0.2, 0.25) is 5.91 Å². The highest BCUT2D eigenvalue weighted by Gasteiger charge is 2.39. The first-order valence-electron chi connectivity index (χ1n) is 12.8. The zero-order chi connectivity index (χ0) is 30.0. The van der Waals surface area contributed by atoms with Gasteiger partial charge in [0.05, 0.1) is 30.9 Å². The van der Waals surface area contributed by atoms with Crippen LogP contribution in [-0.4, -0.2) is 81.2 Å². The van der Waals surface area contributed by atoms with Crippen molar-refractivity contribution in [3.63, 3.8) is 0 Å². The van der Waals surface area contributed by atoms with Crippen LogP contribution in [0.4, 0.5) is 13.2 Å². The minimum absolute atomic E-state index is 0.0119. The molecule has 0 spiro atoms. The van der Waals surface area contributed by atoms with E-state index in [1.54, 1.807) is 12.1 Å². The average molecular weight is 605 g/mol. The lowest BCUT2D eigenvalue weighted by Gasteiger charge is -2.15. The zero-order valence-corrected chi connectivity index (χ0v) is 22.7. The fraction of sp³-hybridized carbons (Fsp3) is 0.346. The van der Waals surface area contributed by atoms with Crippen molar-refractivity contribution >= 4 is 23.3 Å². The topological polar surface area (TPSA) is 141 Å². The fourth-order valence-electron chi connectivity index (χ4n) is 4.52. The van der Waals surface area contributed by atoms with Crippen LogP contribution in [0.15, 0.2) is 53.7 Å². The van der Waals surface area contributed by atoms with Crippen molar-refractivity contribution in [2.45, 2.75) is 44.6 Å². The highest BCUT2D eigenvalue weighted by Crippen LogP contribution is 2.24. The van der Waals surface area contributed by atoms with Crippen molar-refractivity contribution in [1.82, 2.24) is 39.0 Å². The maximum absolute atomic E-state index is 13.1. The molecule has 0 aliphatic carbocycles. The summed E-state index contributed by atoms with van der Waals surface area (Å²) in [6, 6.07) is 9.28. The number of pyridine rings is 1. The number of halogens is 4. The number of rotatable bonds is 10. The number of aliphatic hydroxyl groups is 1. The lowest BCUT2D eigenvalue weighted by Crippen LogP contribution is -2.37. The van der Waals surface area contributed by atoms with Crippen LogP contribution in [0, 0.1) is 0 Å². The molecule has 1 fully saturated rings. The lowest BCUT2D eigenvalue weighted by atomic mass is 10.1. The Morgan fingerprint density at radius 2 is 1.86 bits per heavy atom. The summed E-state index contributed by atoms with van der Waals surface area (Å²) < 4.78 is 42.4. The molecule has 12 nitrogen and oxygen atoms in total. The van der Waals surface area contributed by atoms with Gasteiger partial charge in [-0.15, -0.1) is 10.2 Å². The molecule has 16 heteroatoms. The Morgan fingerprint density at radius 3 is 2.55 bits per heavy atom. The number of ketones is 1. The van der Waals surface area contributed by atoms with Crippen LogP contribution in [0.2, 0.25) is 5.02 Å². The number of alkyl halides is 3. The van der Waals surface area contributed by atoms with Gasteiger partial charge in [0.25, 0.3) is 0 Å². The third kappa shape index (κ3) is 6.41. The quantitative estimate of drug-likeness (QED) is 0.290. The molecule has 1 saturated heterocycles. The number of carbonyl (C=O) groups excluding carboxylic acids is 2. The Labute approximate surface area is 241 Å². The summed E-state index contributed by atoms with van der Waals surface area (Å²) in [6.07, 6.45) is -3.79. The Balaban J connectivity index is 1.39. The van der Waals surface area contributed by atoms with Gasteiger partial charge in [-0.25, -0.2) is 19.1 Å². The molecule has 4 aromatic rings. The molecule has 1 N–H and O–H groups in total. The largest absolute Gasteiger partial charge is 0.416 e. The molecule has 220 valence electrons. The smallest absolute Gasteiger partial charge is 0.382 e. The summed E-state index contributed by atoms with van der Waals surface area (Å²) in [4.78, 5) is 47.7. The number of aromatic nitrogens is 7. The van der Waals surface area contributed by atoms with Crippen LogP contribution in [0.25, 0.3) is 17.1 Å². The normalized spacial score (nSPS) is 14.5. The van der Waals surface area contributed by atoms with E-state index in [9.17, 15) is 32.7 Å². The molecule has 1 aliphatic heterocycles. The number of amides is 1. The van der Waals surface area contributed by atoms with Gasteiger partial charge in [-0.3, -0.25) is 19.1 Å². The van der Waals surface area contributed by atoms with Crippen molar-refractivity contribution in [1.29, 1.82) is 0 Å². The molecule has 1 atom stereocenters. The first kappa shape index (κ1) is 29.1. The van der Waals surface area contributed by atoms with Gasteiger partial charge >= 0.3 is 11.9 Å². The highest BCUT2D eigenvalue weighted by molar-refractivity contribution is 6.30. The molecule has 5 rings (SSSR count). The Bertz CT molecular complexity index is 1660. The number of nitrogens with zero attached hydrogens (tertiary/aromatic N) is 8. The van der Waals surface area contributed by atoms with Crippen molar-refractivity contribution in [2.24, 2.45) is 0 Å². The number of likely N-dealkylation sites (tertiary alicyclic amines) is 1. The van der Waals surface area contributed by atoms with Gasteiger partial charge < -0.3 is 10.0 Å². The molecule has 1 aliphatic rings. The van der Waals surface area contributed by atoms with E-state index in [2.05, 4.69) is 20.2 Å². The third-order valence-corrected chi connectivity index (χ3v) is 6.86. The second kappa shape index (κ2) is 11.9. The van der Waals surface area contributed by atoms with Gasteiger partial charge in [0.15, 0.2) is 23.5 Å². The number of carbonyl (C=O) groups is 2. The van der Waals surface area contributed by atoms with E-state index in [-0.39, 0.29) is 42.8 Å². The lowest BCUT2D eigenvalue weighted by molar-refractivity contribution is -0.207. The third-order valence-electron chi connectivity index (χ3n) is 6.61. The first-order valence-corrected chi connectivity index (χ1v) is 13.2. The maximum Gasteiger partial charge on any atom is 0.416 e. The van der Waals surface area contributed by atoms with Crippen LogP contribution in [0.5, 0.6) is 0 Å². The van der Waals surface area contributed by atoms with Crippen molar-refractivity contribution in [3.05, 3.63) is 75.9 Å². The summed E-state index contributed by atoms with van der Waals surface area (Å²) in [5, 5.41) is 18.6. The molecular weight excluding hydrogens is 581 g/mol. The number of hydrogen-bond donors (Lipinski definition) is 1. The summed E-state index contributed by atoms with van der Waals surface area (Å²) in [5.74, 6) is -0.262. The van der Waals surface area contributed by atoms with Crippen molar-refractivity contribution in [2.75, 3.05) is 13.1 Å². The number of hydrogen-bond acceptors (Lipinski definition) is 8. The van der Waals surface area contributed by atoms with Gasteiger partial charge in [-0.2, -0.15) is 13.2 Å². The summed E-state index contributed by atoms with van der Waals surface area (Å²) in [6.45, 7) is -0.844. The second-order valence-corrected chi connectivity index (χ2v) is 10.1. The Kier molecular flexibility index (Phi) is 8.22. The van der Waals surface area contributed by atoms with Gasteiger partial charge in [-0.05, 0) is 42.8 Å². The standard InChI is InChI=1S/C26H24ClF3N8O4/c27-17-7-5-16(6-8-17)24-34-37(25(42)36(24)13-21(40)26(28,29)30)14-22-32-15-38(33-22)20-3-1-9-31-19(20)11-18(39)12-35-10-2-4-23(35)41/h1,3,5-9,15,21,40H,2,4,10-14H2/t21-/m0/s1. The number of benzene rings is 1. The molecule has 42 heavy (non-hydrogen) atoms. The minimum atomic E-state index is -4.95. The predicted octanol–water partition coefficient (Wildman–Crippen LogP) is 2.05. The van der Waals surface area contributed by atoms with Crippen molar-refractivity contribution < 1.29 is 27.9 Å². The number of aliphatic hydroxyl groups excluding tert-OH is 1. The highest BCUT2D eigenvalue weighted by atomic mass is 35.5. The molecule has 4 heterocycles. The molecular formula is C26H24ClF3N8O4. The number of Topliss-reactive ketones (excluding diaryl/α,β-unsaturated/α-hetero) is 1. The summed E-state index contributed by atoms with van der Waals surface area (Å²) in [7, 11) is 0. The Hall–Kier alpha value is -4.37. The van der Waals surface area contributed by atoms with E-state index < -0.39 is 24.5 Å². The first-order chi connectivity index (χ1) is 20.0. The molecule has 1 aromatic carbocycles. The van der Waals surface area contributed by atoms with Gasteiger partial charge in [0, 0.05) is 29.7 Å². The van der Waals surface area contributed by atoms with E-state index in [1.807, 2.05) is 0 Å². The molecule has 1 amide bonds. The van der Waals surface area contributed by atoms with E-state index >= 15 is 0 Å². The van der Waals surface area contributed by atoms with Crippen LogP contribution < -0.4 is 5.69 Å². The van der Waals surface area contributed by atoms with E-state index in [4.69, 9.17) is 11.6 Å². The molecule has 0 bridgehead atoms. The summed E-state index contributed by atoms with van der Waals surface area (Å²) >= 11 is 5.92. The van der Waals surface area contributed by atoms with Crippen LogP contribution >= 0.6 is 11.6 Å². The van der Waals surface area contributed by atoms with Crippen LogP contribution in [-0.2, 0) is 29.1 Å². The fourth-order valence-corrected chi connectivity index (χ4v) is 4.64. The predicted molar refractivity (Wildman–Crippen MR) is 142 cm³/mol. The molecule has 3 aromatic heterocycles. The average Bonchev–Trinajstić information content (AvgIpc) is 3.65. The minimum Gasteiger partial charge on any atom is -0.382 e. The van der Waals surface area contributed by atoms with Crippen LogP contribution in [0.3, 0.4) is 0 Å². The van der Waals surface area contributed by atoms with Gasteiger partial charge in [0.1, 0.15) is 12.9 Å². The monoisotopic (exact) mass is 604 g/mol. The summed E-state index contributed by atoms with van der Waals surface area (Å²) in [5.41, 5.74) is 0.246. The molecule has 0 saturated carbocycles. The second-order valence-electron chi connectivity index (χ2n) is 9.65. The van der Waals surface area contributed by atoms with Crippen LogP contribution in [0.1, 0.15) is 24.4 Å². The SMILES string of the molecule is O=C(Cc1ncccc1-n1cnc(Cn2nc(-c3ccc(Cl)cc3)n(C[C@H](O)C(F)(F)F)c2=O)n1)CN1CCCC1=O. The molecule has 0 radical (unpaired) electrons. The van der Waals surface area contributed by atoms with Gasteiger partial charge in [-0.1, -0.05) is 11.6 Å². The van der Waals surface area contributed by atoms with E-state index in [0.29, 0.717) is 41.4 Å². The molecule has 0 unspecified atom stereocenters. The Morgan fingerprint density at radius 1 is 1.10 bits per heavy atom. The van der Waals surface area contributed by atoms with Crippen molar-refractivity contribution in [3.8, 4) is 17.1 Å². The maximum atomic E-state index is 13.1.